The quantitative estimate of drug-likeness (QED) is 0.388. The fraction of sp³-hybridized carbons (Fsp3) is 0.387. The molecule has 2 unspecified atom stereocenters. The molecule has 1 fully saturated rings. The summed E-state index contributed by atoms with van der Waals surface area (Å²) in [7, 11) is 0. The first-order valence-corrected chi connectivity index (χ1v) is 13.5. The summed E-state index contributed by atoms with van der Waals surface area (Å²) in [6.07, 6.45) is 1.08. The molecule has 2 heterocycles. The van der Waals surface area contributed by atoms with Crippen LogP contribution in [0.3, 0.4) is 0 Å². The highest BCUT2D eigenvalue weighted by Crippen LogP contribution is 2.40. The average Bonchev–Trinajstić information content (AvgIpc) is 2.94. The molecule has 4 nitrogen and oxygen atoms in total. The van der Waals surface area contributed by atoms with Crippen LogP contribution >= 0.6 is 0 Å². The molecule has 0 saturated carbocycles. The van der Waals surface area contributed by atoms with Crippen LogP contribution < -0.4 is 10.2 Å². The molecule has 0 spiro atoms. The van der Waals surface area contributed by atoms with Gasteiger partial charge in [0.1, 0.15) is 0 Å². The Balaban J connectivity index is 1.23. The van der Waals surface area contributed by atoms with E-state index in [0.717, 1.165) is 61.9 Å². The second-order valence-electron chi connectivity index (χ2n) is 10.4. The number of nitrogens with zero attached hydrogens (tertiary/aromatic N) is 2. The van der Waals surface area contributed by atoms with E-state index < -0.39 is 24.0 Å². The lowest BCUT2D eigenvalue weighted by atomic mass is 9.89. The lowest BCUT2D eigenvalue weighted by Crippen LogP contribution is -2.36. The Labute approximate surface area is 226 Å². The highest BCUT2D eigenvalue weighted by molar-refractivity contribution is 5.88. The van der Waals surface area contributed by atoms with Crippen molar-refractivity contribution in [2.75, 3.05) is 36.4 Å². The average molecular weight is 540 g/mol. The molecule has 1 aliphatic carbocycles. The standard InChI is InChI=1S/C31H33F4N3O/c1-20(39)36-24-8-4-7-23(18-24)21-12-16-37(17-13-21)14-5-15-38-27-9-3-2-6-22(27)10-11-28(38)25-19-26(32)30(34)31(35)29(25)33/h2-4,6-9,11,18-19,21,26,30H,5,10,12-17H2,1H3,(H,36,39). The van der Waals surface area contributed by atoms with Crippen LogP contribution in [0.2, 0.25) is 0 Å². The summed E-state index contributed by atoms with van der Waals surface area (Å²) in [5, 5.41) is 2.85. The first kappa shape index (κ1) is 27.2. The van der Waals surface area contributed by atoms with Crippen molar-refractivity contribution in [2.45, 2.75) is 50.9 Å². The normalized spacial score (nSPS) is 22.3. The van der Waals surface area contributed by atoms with Crippen LogP contribution in [0.1, 0.15) is 43.2 Å². The third kappa shape index (κ3) is 5.96. The lowest BCUT2D eigenvalue weighted by Gasteiger charge is -2.36. The minimum atomic E-state index is -2.60. The fourth-order valence-electron chi connectivity index (χ4n) is 5.81. The number of anilines is 2. The molecule has 2 aromatic carbocycles. The number of alkyl halides is 2. The highest BCUT2D eigenvalue weighted by atomic mass is 19.2. The smallest absolute Gasteiger partial charge is 0.221 e. The summed E-state index contributed by atoms with van der Waals surface area (Å²) in [6, 6.07) is 15.7. The zero-order valence-corrected chi connectivity index (χ0v) is 22.0. The molecule has 0 bridgehead atoms. The van der Waals surface area contributed by atoms with Gasteiger partial charge in [-0.15, -0.1) is 0 Å². The van der Waals surface area contributed by atoms with Gasteiger partial charge in [0.25, 0.3) is 0 Å². The van der Waals surface area contributed by atoms with Crippen molar-refractivity contribution in [3.8, 4) is 0 Å². The van der Waals surface area contributed by atoms with Crippen molar-refractivity contribution in [3.63, 3.8) is 0 Å². The van der Waals surface area contributed by atoms with E-state index in [1.54, 1.807) is 6.08 Å². The highest BCUT2D eigenvalue weighted by Gasteiger charge is 2.36. The number of likely N-dealkylation sites (tertiary alicyclic amines) is 1. The van der Waals surface area contributed by atoms with E-state index in [4.69, 9.17) is 0 Å². The van der Waals surface area contributed by atoms with Crippen LogP contribution in [0.25, 0.3) is 0 Å². The van der Waals surface area contributed by atoms with Crippen LogP contribution in [0, 0.1) is 0 Å². The third-order valence-corrected chi connectivity index (χ3v) is 7.78. The number of amides is 1. The summed E-state index contributed by atoms with van der Waals surface area (Å²) in [4.78, 5) is 15.7. The predicted molar refractivity (Wildman–Crippen MR) is 146 cm³/mol. The SMILES string of the molecule is CC(=O)Nc1cccc(C2CCN(CCCN3C(C4=CC(F)C(F)C(F)=C4F)=CCc4ccccc43)CC2)c1. The van der Waals surface area contributed by atoms with Crippen molar-refractivity contribution in [1.29, 1.82) is 0 Å². The molecule has 8 heteroatoms. The zero-order chi connectivity index (χ0) is 27.5. The number of para-hydroxylation sites is 1. The van der Waals surface area contributed by atoms with Crippen molar-refractivity contribution in [3.05, 3.63) is 94.7 Å². The number of allylic oxidation sites excluding steroid dienone is 4. The van der Waals surface area contributed by atoms with Gasteiger partial charge in [0.05, 0.1) is 0 Å². The number of fused-ring (bicyclic) bond motifs is 1. The number of benzene rings is 2. The topological polar surface area (TPSA) is 35.6 Å². The molecule has 1 N–H and O–H groups in total. The molecule has 0 aromatic heterocycles. The summed E-state index contributed by atoms with van der Waals surface area (Å²) < 4.78 is 56.9. The molecule has 2 aromatic rings. The molecule has 39 heavy (non-hydrogen) atoms. The fourth-order valence-corrected chi connectivity index (χ4v) is 5.81. The van der Waals surface area contributed by atoms with Crippen molar-refractivity contribution >= 4 is 17.3 Å². The number of halogens is 4. The van der Waals surface area contributed by atoms with Gasteiger partial charge in [-0.1, -0.05) is 36.4 Å². The van der Waals surface area contributed by atoms with Gasteiger partial charge in [0.15, 0.2) is 24.0 Å². The first-order valence-electron chi connectivity index (χ1n) is 13.5. The number of piperidine rings is 1. The molecule has 0 radical (unpaired) electrons. The Morgan fingerprint density at radius 2 is 1.79 bits per heavy atom. The van der Waals surface area contributed by atoms with Gasteiger partial charge in [-0.25, -0.2) is 17.6 Å². The van der Waals surface area contributed by atoms with Crippen LogP contribution in [0.15, 0.2) is 83.6 Å². The van der Waals surface area contributed by atoms with Gasteiger partial charge < -0.3 is 15.1 Å². The third-order valence-electron chi connectivity index (χ3n) is 7.78. The number of rotatable bonds is 7. The summed E-state index contributed by atoms with van der Waals surface area (Å²) in [5.74, 6) is -2.66. The molecular weight excluding hydrogens is 506 g/mol. The van der Waals surface area contributed by atoms with Crippen molar-refractivity contribution in [2.24, 2.45) is 0 Å². The molecule has 3 aliphatic rings. The second kappa shape index (κ2) is 11.8. The van der Waals surface area contributed by atoms with Gasteiger partial charge >= 0.3 is 0 Å². The van der Waals surface area contributed by atoms with Gasteiger partial charge in [0, 0.05) is 36.1 Å². The summed E-state index contributed by atoms with van der Waals surface area (Å²) >= 11 is 0. The Morgan fingerprint density at radius 1 is 1.03 bits per heavy atom. The lowest BCUT2D eigenvalue weighted by molar-refractivity contribution is -0.114. The number of carbonyl (C=O) groups is 1. The minimum Gasteiger partial charge on any atom is -0.341 e. The van der Waals surface area contributed by atoms with E-state index in [9.17, 15) is 22.4 Å². The molecule has 5 rings (SSSR count). The monoisotopic (exact) mass is 539 g/mol. The zero-order valence-electron chi connectivity index (χ0n) is 22.0. The van der Waals surface area contributed by atoms with Gasteiger partial charge in [-0.05, 0) is 86.6 Å². The van der Waals surface area contributed by atoms with E-state index >= 15 is 0 Å². The number of carbonyl (C=O) groups excluding carboxylic acids is 1. The Morgan fingerprint density at radius 3 is 2.56 bits per heavy atom. The minimum absolute atomic E-state index is 0.0870. The number of hydrogen-bond donors (Lipinski definition) is 1. The van der Waals surface area contributed by atoms with Crippen molar-refractivity contribution in [1.82, 2.24) is 4.90 Å². The van der Waals surface area contributed by atoms with Crippen LogP contribution in [-0.2, 0) is 11.2 Å². The van der Waals surface area contributed by atoms with Gasteiger partial charge in [0.2, 0.25) is 5.91 Å². The Hall–Kier alpha value is -3.39. The molecule has 206 valence electrons. The van der Waals surface area contributed by atoms with E-state index in [1.165, 1.54) is 12.5 Å². The maximum atomic E-state index is 14.8. The second-order valence-corrected chi connectivity index (χ2v) is 10.4. The van der Waals surface area contributed by atoms with E-state index in [-0.39, 0.29) is 11.5 Å². The Kier molecular flexibility index (Phi) is 8.21. The van der Waals surface area contributed by atoms with Gasteiger partial charge in [-0.2, -0.15) is 0 Å². The molecule has 1 saturated heterocycles. The molecular formula is C31H33F4N3O. The maximum Gasteiger partial charge on any atom is 0.221 e. The molecule has 2 aliphatic heterocycles. The van der Waals surface area contributed by atoms with Crippen LogP contribution in [0.4, 0.5) is 28.9 Å². The summed E-state index contributed by atoms with van der Waals surface area (Å²) in [5.41, 5.74) is 4.13. The van der Waals surface area contributed by atoms with Gasteiger partial charge in [-0.3, -0.25) is 4.79 Å². The maximum absolute atomic E-state index is 14.8. The van der Waals surface area contributed by atoms with Crippen LogP contribution in [0.5, 0.6) is 0 Å². The predicted octanol–water partition coefficient (Wildman–Crippen LogP) is 6.93. The van der Waals surface area contributed by atoms with Crippen molar-refractivity contribution < 1.29 is 22.4 Å². The van der Waals surface area contributed by atoms with E-state index in [0.29, 0.717) is 24.6 Å². The first-order chi connectivity index (χ1) is 18.8. The Bertz CT molecular complexity index is 1310. The van der Waals surface area contributed by atoms with E-state index in [1.807, 2.05) is 47.4 Å². The summed E-state index contributed by atoms with van der Waals surface area (Å²) in [6.45, 7) is 4.73. The molecule has 2 atom stereocenters. The number of hydrogen-bond acceptors (Lipinski definition) is 3. The number of nitrogens with one attached hydrogen (secondary N) is 1. The van der Waals surface area contributed by atoms with E-state index in [2.05, 4.69) is 16.3 Å². The molecule has 1 amide bonds. The van der Waals surface area contributed by atoms with Crippen LogP contribution in [-0.4, -0.2) is 49.3 Å². The largest absolute Gasteiger partial charge is 0.341 e.